The van der Waals surface area contributed by atoms with E-state index in [1.807, 2.05) is 18.3 Å². The molecule has 0 aliphatic heterocycles. The van der Waals surface area contributed by atoms with Gasteiger partial charge in [0.2, 0.25) is 0 Å². The summed E-state index contributed by atoms with van der Waals surface area (Å²) in [5.74, 6) is 0.826. The van der Waals surface area contributed by atoms with Crippen LogP contribution >= 0.6 is 35.6 Å². The lowest BCUT2D eigenvalue weighted by Crippen LogP contribution is -2.38. The van der Waals surface area contributed by atoms with Gasteiger partial charge in [-0.1, -0.05) is 41.9 Å². The molecular formula is C20H29ClIN5. The summed E-state index contributed by atoms with van der Waals surface area (Å²) in [7, 11) is 4.15. The van der Waals surface area contributed by atoms with E-state index in [0.29, 0.717) is 11.7 Å². The lowest BCUT2D eigenvalue weighted by molar-refractivity contribution is 0.402. The topological polar surface area (TPSA) is 52.6 Å². The van der Waals surface area contributed by atoms with Crippen molar-refractivity contribution in [2.24, 2.45) is 4.99 Å². The van der Waals surface area contributed by atoms with Crippen molar-refractivity contribution in [3.8, 4) is 0 Å². The van der Waals surface area contributed by atoms with E-state index in [-0.39, 0.29) is 24.0 Å². The Morgan fingerprint density at radius 3 is 2.30 bits per heavy atom. The van der Waals surface area contributed by atoms with Crippen molar-refractivity contribution in [2.75, 3.05) is 27.2 Å². The van der Waals surface area contributed by atoms with Crippen LogP contribution in [0.5, 0.6) is 0 Å². The monoisotopic (exact) mass is 501 g/mol. The SMILES string of the molecule is CCNC(=NCc1ccc(CN(C)C)cc1)NCCc1ccc(Cl)nc1.I. The average Bonchev–Trinajstić information content (AvgIpc) is 2.62. The van der Waals surface area contributed by atoms with Gasteiger partial charge in [-0.3, -0.25) is 0 Å². The Bertz CT molecular complexity index is 687. The standard InChI is InChI=1S/C20H28ClN5.HI/c1-4-22-20(23-12-11-17-9-10-19(21)24-13-17)25-14-16-5-7-18(8-6-16)15-26(2)3;/h5-10,13H,4,11-12,14-15H2,1-3H3,(H2,22,23,25);1H. The third-order valence-electron chi connectivity index (χ3n) is 3.78. The van der Waals surface area contributed by atoms with E-state index in [9.17, 15) is 0 Å². The van der Waals surface area contributed by atoms with Crippen LogP contribution in [0, 0.1) is 0 Å². The zero-order valence-corrected chi connectivity index (χ0v) is 19.3. The quantitative estimate of drug-likeness (QED) is 0.251. The molecule has 0 amide bonds. The Morgan fingerprint density at radius 1 is 1.04 bits per heavy atom. The smallest absolute Gasteiger partial charge is 0.191 e. The molecular weight excluding hydrogens is 473 g/mol. The fourth-order valence-electron chi connectivity index (χ4n) is 2.51. The van der Waals surface area contributed by atoms with Gasteiger partial charge < -0.3 is 15.5 Å². The molecule has 1 heterocycles. The number of aromatic nitrogens is 1. The van der Waals surface area contributed by atoms with E-state index in [4.69, 9.17) is 11.6 Å². The molecule has 1 aromatic heterocycles. The van der Waals surface area contributed by atoms with Crippen LogP contribution in [0.4, 0.5) is 0 Å². The maximum Gasteiger partial charge on any atom is 0.191 e. The van der Waals surface area contributed by atoms with Crippen molar-refractivity contribution in [1.82, 2.24) is 20.5 Å². The number of aliphatic imine (C=N–C) groups is 1. The Labute approximate surface area is 184 Å². The van der Waals surface area contributed by atoms with Crippen LogP contribution < -0.4 is 10.6 Å². The predicted octanol–water partition coefficient (Wildman–Crippen LogP) is 3.71. The number of hydrogen-bond donors (Lipinski definition) is 2. The highest BCUT2D eigenvalue weighted by atomic mass is 127. The van der Waals surface area contributed by atoms with Crippen molar-refractivity contribution in [2.45, 2.75) is 26.4 Å². The van der Waals surface area contributed by atoms with Crippen molar-refractivity contribution in [1.29, 1.82) is 0 Å². The molecule has 2 aromatic rings. The fraction of sp³-hybridized carbons (Fsp3) is 0.400. The number of guanidine groups is 1. The molecule has 5 nitrogen and oxygen atoms in total. The summed E-state index contributed by atoms with van der Waals surface area (Å²) >= 11 is 5.81. The maximum absolute atomic E-state index is 5.81. The second-order valence-electron chi connectivity index (χ2n) is 6.42. The summed E-state index contributed by atoms with van der Waals surface area (Å²) in [5, 5.41) is 7.17. The van der Waals surface area contributed by atoms with Crippen LogP contribution in [0.2, 0.25) is 5.15 Å². The minimum atomic E-state index is 0. The van der Waals surface area contributed by atoms with Gasteiger partial charge in [-0.2, -0.15) is 0 Å². The normalized spacial score (nSPS) is 11.2. The van der Waals surface area contributed by atoms with E-state index >= 15 is 0 Å². The van der Waals surface area contributed by atoms with Gasteiger partial charge >= 0.3 is 0 Å². The Morgan fingerprint density at radius 2 is 1.70 bits per heavy atom. The summed E-state index contributed by atoms with van der Waals surface area (Å²) in [5.41, 5.74) is 3.66. The number of rotatable bonds is 8. The molecule has 148 valence electrons. The molecule has 1 aromatic carbocycles. The lowest BCUT2D eigenvalue weighted by atomic mass is 10.1. The van der Waals surface area contributed by atoms with Crippen LogP contribution in [0.1, 0.15) is 23.6 Å². The van der Waals surface area contributed by atoms with Crippen LogP contribution in [0.25, 0.3) is 0 Å². The zero-order chi connectivity index (χ0) is 18.8. The first-order chi connectivity index (χ1) is 12.6. The zero-order valence-electron chi connectivity index (χ0n) is 16.2. The Hall–Kier alpha value is -1.38. The Kier molecular flexibility index (Phi) is 11.3. The largest absolute Gasteiger partial charge is 0.357 e. The number of nitrogens with one attached hydrogen (secondary N) is 2. The third kappa shape index (κ3) is 9.39. The van der Waals surface area contributed by atoms with Crippen LogP contribution in [-0.4, -0.2) is 43.0 Å². The van der Waals surface area contributed by atoms with Crippen LogP contribution in [0.15, 0.2) is 47.6 Å². The third-order valence-corrected chi connectivity index (χ3v) is 4.00. The minimum absolute atomic E-state index is 0. The van der Waals surface area contributed by atoms with Crippen LogP contribution in [0.3, 0.4) is 0 Å². The van der Waals surface area contributed by atoms with Gasteiger partial charge in [0, 0.05) is 25.8 Å². The predicted molar refractivity (Wildman–Crippen MR) is 125 cm³/mol. The molecule has 0 spiro atoms. The molecule has 0 saturated heterocycles. The van der Waals surface area contributed by atoms with Gasteiger partial charge in [0.1, 0.15) is 5.15 Å². The van der Waals surface area contributed by atoms with E-state index in [0.717, 1.165) is 37.6 Å². The molecule has 2 N–H and O–H groups in total. The van der Waals surface area contributed by atoms with Gasteiger partial charge in [0.25, 0.3) is 0 Å². The molecule has 0 radical (unpaired) electrons. The highest BCUT2D eigenvalue weighted by Crippen LogP contribution is 2.07. The molecule has 0 saturated carbocycles. The number of pyridine rings is 1. The highest BCUT2D eigenvalue weighted by molar-refractivity contribution is 14.0. The van der Waals surface area contributed by atoms with Gasteiger partial charge in [-0.05, 0) is 50.2 Å². The Balaban J connectivity index is 0.00000364. The van der Waals surface area contributed by atoms with Gasteiger partial charge in [0.05, 0.1) is 6.54 Å². The number of hydrogen-bond acceptors (Lipinski definition) is 3. The summed E-state index contributed by atoms with van der Waals surface area (Å²) in [6.45, 7) is 5.29. The van der Waals surface area contributed by atoms with Gasteiger partial charge in [0.15, 0.2) is 5.96 Å². The van der Waals surface area contributed by atoms with E-state index < -0.39 is 0 Å². The second-order valence-corrected chi connectivity index (χ2v) is 6.80. The highest BCUT2D eigenvalue weighted by Gasteiger charge is 2.00. The molecule has 7 heteroatoms. The van der Waals surface area contributed by atoms with E-state index in [1.54, 1.807) is 0 Å². The lowest BCUT2D eigenvalue weighted by Gasteiger charge is -2.12. The van der Waals surface area contributed by atoms with Crippen molar-refractivity contribution in [3.05, 3.63) is 64.4 Å². The summed E-state index contributed by atoms with van der Waals surface area (Å²) in [4.78, 5) is 10.9. The first-order valence-electron chi connectivity index (χ1n) is 8.92. The van der Waals surface area contributed by atoms with Crippen molar-refractivity contribution < 1.29 is 0 Å². The first-order valence-corrected chi connectivity index (χ1v) is 9.29. The first kappa shape index (κ1) is 23.7. The molecule has 0 fully saturated rings. The minimum Gasteiger partial charge on any atom is -0.357 e. The molecule has 27 heavy (non-hydrogen) atoms. The van der Waals surface area contributed by atoms with Crippen LogP contribution in [-0.2, 0) is 19.5 Å². The molecule has 2 rings (SSSR count). The fourth-order valence-corrected chi connectivity index (χ4v) is 2.62. The maximum atomic E-state index is 5.81. The van der Waals surface area contributed by atoms with E-state index in [2.05, 4.69) is 70.8 Å². The van der Waals surface area contributed by atoms with Gasteiger partial charge in [-0.25, -0.2) is 9.98 Å². The molecule has 0 aliphatic carbocycles. The summed E-state index contributed by atoms with van der Waals surface area (Å²) < 4.78 is 0. The summed E-state index contributed by atoms with van der Waals surface area (Å²) in [6.07, 6.45) is 2.68. The molecule has 0 unspecified atom stereocenters. The molecule has 0 aliphatic rings. The average molecular weight is 502 g/mol. The van der Waals surface area contributed by atoms with Crippen molar-refractivity contribution in [3.63, 3.8) is 0 Å². The molecule has 0 atom stereocenters. The second kappa shape index (κ2) is 12.9. The number of halogens is 2. The molecule has 0 bridgehead atoms. The van der Waals surface area contributed by atoms with Crippen molar-refractivity contribution >= 4 is 41.5 Å². The van der Waals surface area contributed by atoms with E-state index in [1.165, 1.54) is 11.1 Å². The summed E-state index contributed by atoms with van der Waals surface area (Å²) in [6, 6.07) is 12.4. The number of benzene rings is 1. The van der Waals surface area contributed by atoms with Gasteiger partial charge in [-0.15, -0.1) is 24.0 Å². The number of nitrogens with zero attached hydrogens (tertiary/aromatic N) is 3.